The molecular weight excluding hydrogens is 327 g/mol. The van der Waals surface area contributed by atoms with Crippen LogP contribution >= 0.6 is 0 Å². The third-order valence-corrected chi connectivity index (χ3v) is 4.09. The SMILES string of the molecule is CCCCCCCCCCCCCCCCCC(=O)O.OCCO.[H-].[Na+]. The van der Waals surface area contributed by atoms with Gasteiger partial charge in [0.05, 0.1) is 13.2 Å². The maximum atomic E-state index is 10.3. The zero-order chi connectivity index (χ0) is 18.3. The molecule has 0 bridgehead atoms. The Morgan fingerprint density at radius 1 is 0.640 bits per heavy atom. The summed E-state index contributed by atoms with van der Waals surface area (Å²) in [6.07, 6.45) is 20.2. The van der Waals surface area contributed by atoms with Crippen LogP contribution in [0.5, 0.6) is 0 Å². The van der Waals surface area contributed by atoms with E-state index >= 15 is 0 Å². The Morgan fingerprint density at radius 3 is 1.16 bits per heavy atom. The molecule has 0 aliphatic heterocycles. The van der Waals surface area contributed by atoms with Crippen LogP contribution in [0, 0.1) is 0 Å². The largest absolute Gasteiger partial charge is 1.00 e. The van der Waals surface area contributed by atoms with Crippen molar-refractivity contribution in [1.29, 1.82) is 0 Å². The van der Waals surface area contributed by atoms with Crippen LogP contribution < -0.4 is 29.6 Å². The van der Waals surface area contributed by atoms with E-state index in [0.717, 1.165) is 12.8 Å². The van der Waals surface area contributed by atoms with E-state index in [-0.39, 0.29) is 44.2 Å². The monoisotopic (exact) mass is 370 g/mol. The van der Waals surface area contributed by atoms with Gasteiger partial charge in [-0.05, 0) is 6.42 Å². The van der Waals surface area contributed by atoms with E-state index in [2.05, 4.69) is 6.92 Å². The molecule has 25 heavy (non-hydrogen) atoms. The molecule has 3 N–H and O–H groups in total. The molecule has 0 aliphatic rings. The molecule has 0 aromatic heterocycles. The van der Waals surface area contributed by atoms with E-state index < -0.39 is 5.97 Å². The summed E-state index contributed by atoms with van der Waals surface area (Å²) in [5.74, 6) is -0.653. The minimum atomic E-state index is -0.653. The van der Waals surface area contributed by atoms with Crippen molar-refractivity contribution in [2.45, 2.75) is 110 Å². The van der Waals surface area contributed by atoms with Crippen molar-refractivity contribution in [2.24, 2.45) is 0 Å². The number of carboxylic acid groups (broad SMARTS) is 1. The minimum Gasteiger partial charge on any atom is -1.00 e. The first-order valence-corrected chi connectivity index (χ1v) is 10.1. The molecule has 0 spiro atoms. The van der Waals surface area contributed by atoms with Crippen molar-refractivity contribution in [3.63, 3.8) is 0 Å². The fourth-order valence-electron chi connectivity index (χ4n) is 2.65. The smallest absolute Gasteiger partial charge is 1.00 e. The first kappa shape index (κ1) is 30.1. The molecular formula is C20H43NaO4. The molecule has 5 heteroatoms. The van der Waals surface area contributed by atoms with Crippen LogP contribution in [0.3, 0.4) is 0 Å². The van der Waals surface area contributed by atoms with Crippen molar-refractivity contribution < 1.29 is 51.1 Å². The van der Waals surface area contributed by atoms with Gasteiger partial charge in [0.2, 0.25) is 0 Å². The summed E-state index contributed by atoms with van der Waals surface area (Å²) in [5, 5.41) is 23.8. The van der Waals surface area contributed by atoms with Crippen LogP contribution in [0.1, 0.15) is 111 Å². The van der Waals surface area contributed by atoms with Gasteiger partial charge < -0.3 is 16.7 Å². The van der Waals surface area contributed by atoms with Gasteiger partial charge in [-0.15, -0.1) is 0 Å². The average molecular weight is 371 g/mol. The summed E-state index contributed by atoms with van der Waals surface area (Å²) in [6.45, 7) is 2.02. The number of aliphatic hydroxyl groups excluding tert-OH is 2. The zero-order valence-electron chi connectivity index (χ0n) is 18.0. The van der Waals surface area contributed by atoms with Gasteiger partial charge in [0.25, 0.3) is 0 Å². The predicted molar refractivity (Wildman–Crippen MR) is 102 cm³/mol. The van der Waals surface area contributed by atoms with Crippen LogP contribution in [0.2, 0.25) is 0 Å². The van der Waals surface area contributed by atoms with Crippen LogP contribution in [0.25, 0.3) is 0 Å². The Balaban J connectivity index is -0.000000363. The molecule has 0 aliphatic carbocycles. The van der Waals surface area contributed by atoms with Crippen LogP contribution in [-0.2, 0) is 4.79 Å². The second kappa shape index (κ2) is 29.2. The van der Waals surface area contributed by atoms with E-state index in [9.17, 15) is 4.79 Å². The molecule has 0 rings (SSSR count). The van der Waals surface area contributed by atoms with Gasteiger partial charge in [-0.3, -0.25) is 4.79 Å². The number of carboxylic acids is 1. The molecule has 148 valence electrons. The molecule has 0 radical (unpaired) electrons. The fraction of sp³-hybridized carbons (Fsp3) is 0.950. The number of unbranched alkanes of at least 4 members (excludes halogenated alkanes) is 14. The van der Waals surface area contributed by atoms with Gasteiger partial charge in [-0.2, -0.15) is 0 Å². The number of rotatable bonds is 17. The van der Waals surface area contributed by atoms with Gasteiger partial charge in [0.15, 0.2) is 0 Å². The zero-order valence-corrected chi connectivity index (χ0v) is 19.0. The predicted octanol–water partition coefficient (Wildman–Crippen LogP) is 2.42. The summed E-state index contributed by atoms with van der Waals surface area (Å²) >= 11 is 0. The molecule has 0 fully saturated rings. The third-order valence-electron chi connectivity index (χ3n) is 4.09. The molecule has 0 atom stereocenters. The van der Waals surface area contributed by atoms with E-state index in [1.807, 2.05) is 0 Å². The molecule has 0 heterocycles. The van der Waals surface area contributed by atoms with Crippen molar-refractivity contribution in [1.82, 2.24) is 0 Å². The molecule has 4 nitrogen and oxygen atoms in total. The van der Waals surface area contributed by atoms with Crippen molar-refractivity contribution >= 4 is 5.97 Å². The summed E-state index contributed by atoms with van der Waals surface area (Å²) in [7, 11) is 0. The second-order valence-electron chi connectivity index (χ2n) is 6.54. The summed E-state index contributed by atoms with van der Waals surface area (Å²) in [4.78, 5) is 10.3. The molecule has 0 saturated carbocycles. The Kier molecular flexibility index (Phi) is 35.1. The minimum absolute atomic E-state index is 0. The van der Waals surface area contributed by atoms with Gasteiger partial charge in [-0.25, -0.2) is 0 Å². The second-order valence-corrected chi connectivity index (χ2v) is 6.54. The number of aliphatic carboxylic acids is 1. The topological polar surface area (TPSA) is 77.8 Å². The quantitative estimate of drug-likeness (QED) is 0.271. The normalized spacial score (nSPS) is 9.88. The number of hydrogen-bond acceptors (Lipinski definition) is 3. The van der Waals surface area contributed by atoms with Gasteiger partial charge in [0.1, 0.15) is 0 Å². The molecule has 0 amide bonds. The van der Waals surface area contributed by atoms with E-state index in [0.29, 0.717) is 6.42 Å². The molecule has 0 unspecified atom stereocenters. The standard InChI is InChI=1S/C18H36O2.C2H6O2.Na.H/c1-2-3-4-5-6-7-8-9-10-11-12-13-14-15-16-17-18(19)20;3-1-2-4;;/h2-17H2,1H3,(H,19,20);3-4H,1-2H2;;/q;;+1;-1. The Labute approximate surface area is 179 Å². The molecule has 0 saturated heterocycles. The van der Waals surface area contributed by atoms with E-state index in [1.54, 1.807) is 0 Å². The van der Waals surface area contributed by atoms with E-state index in [1.165, 1.54) is 83.5 Å². The van der Waals surface area contributed by atoms with Crippen molar-refractivity contribution in [2.75, 3.05) is 13.2 Å². The van der Waals surface area contributed by atoms with Crippen LogP contribution in [0.15, 0.2) is 0 Å². The Hall–Kier alpha value is 0.390. The maximum absolute atomic E-state index is 10.3. The number of hydrogen-bond donors (Lipinski definition) is 3. The van der Waals surface area contributed by atoms with Gasteiger partial charge >= 0.3 is 35.5 Å². The Bertz CT molecular complexity index is 242. The average Bonchev–Trinajstić information content (AvgIpc) is 2.58. The summed E-state index contributed by atoms with van der Waals surface area (Å²) in [6, 6.07) is 0. The first-order valence-electron chi connectivity index (χ1n) is 10.1. The molecule has 0 aromatic rings. The summed E-state index contributed by atoms with van der Waals surface area (Å²) < 4.78 is 0. The Morgan fingerprint density at radius 2 is 0.920 bits per heavy atom. The van der Waals surface area contributed by atoms with Crippen molar-refractivity contribution in [3.8, 4) is 0 Å². The van der Waals surface area contributed by atoms with Gasteiger partial charge in [-0.1, -0.05) is 96.8 Å². The maximum Gasteiger partial charge on any atom is 1.00 e. The summed E-state index contributed by atoms with van der Waals surface area (Å²) in [5.41, 5.74) is 0. The van der Waals surface area contributed by atoms with Gasteiger partial charge in [0, 0.05) is 6.42 Å². The van der Waals surface area contributed by atoms with Crippen LogP contribution in [0.4, 0.5) is 0 Å². The molecule has 0 aromatic carbocycles. The van der Waals surface area contributed by atoms with E-state index in [4.69, 9.17) is 15.3 Å². The number of carbonyl (C=O) groups is 1. The van der Waals surface area contributed by atoms with Crippen molar-refractivity contribution in [3.05, 3.63) is 0 Å². The third kappa shape index (κ3) is 36.2. The number of aliphatic hydroxyl groups is 2. The fourth-order valence-corrected chi connectivity index (χ4v) is 2.65. The van der Waals surface area contributed by atoms with Crippen LogP contribution in [-0.4, -0.2) is 34.5 Å². The first-order chi connectivity index (χ1) is 11.7.